The van der Waals surface area contributed by atoms with Crippen molar-refractivity contribution in [1.29, 1.82) is 0 Å². The van der Waals surface area contributed by atoms with E-state index in [1.54, 1.807) is 0 Å². The number of unbranched alkanes of at least 4 members (excludes halogenated alkanes) is 5. The topological polar surface area (TPSA) is 434 Å². The van der Waals surface area contributed by atoms with E-state index in [-0.39, 0.29) is 6.61 Å². The van der Waals surface area contributed by atoms with Gasteiger partial charge in [-0.05, 0) is 6.42 Å². The first kappa shape index (κ1) is 58.9. The van der Waals surface area contributed by atoms with Crippen molar-refractivity contribution in [2.75, 3.05) is 39.6 Å². The Morgan fingerprint density at radius 3 is 1.34 bits per heavy atom. The summed E-state index contributed by atoms with van der Waals surface area (Å²) in [6.07, 6.45) is -33.5. The quantitative estimate of drug-likeness (QED) is 0.0423. The Hall–Kier alpha value is -2.02. The van der Waals surface area contributed by atoms with Crippen molar-refractivity contribution >= 4 is 11.8 Å². The summed E-state index contributed by atoms with van der Waals surface area (Å²) in [6, 6.07) is -3.05. The Labute approximate surface area is 402 Å². The third-order valence-electron chi connectivity index (χ3n) is 12.8. The molecule has 0 saturated carbocycles. The summed E-state index contributed by atoms with van der Waals surface area (Å²) in [7, 11) is 0. The smallest absolute Gasteiger partial charge is 0.217 e. The van der Waals surface area contributed by atoms with E-state index in [1.165, 1.54) is 0 Å². The minimum Gasteiger partial charge on any atom is -0.394 e. The number of rotatable bonds is 23. The molecule has 2 amide bonds. The Morgan fingerprint density at radius 1 is 0.414 bits per heavy atom. The van der Waals surface area contributed by atoms with E-state index in [0.29, 0.717) is 6.42 Å². The van der Waals surface area contributed by atoms with Crippen molar-refractivity contribution in [2.45, 2.75) is 213 Å². The fraction of sp³-hybridized carbons (Fsp3) is 0.952. The number of amides is 2. The molecule has 5 rings (SSSR count). The molecule has 28 nitrogen and oxygen atoms in total. The molecule has 0 aromatic carbocycles. The standard InChI is InChI=1S/C42H74N2O26/c1-4-5-6-7-8-9-10-61-40-33(58)30(55)27(52)22(67-40)15-63-41-34(59)31(56)26(51)21(68-41)14-62-38-24(44-17(3)49)29(54)36(19(12-46)65-38)70-42-35(60)32(57)37(20(13-47)66-42)69-39-23(43-16(2)48)28(53)25(50)18(11-45)64-39/h18-42,45-47,50-60H,4-15H2,1-3H3,(H,43,48)(H,44,49)/t18-,19-,20-,21-,22-,23-,24-,25-,26-,27-,28-,29-,30+,31+,32-,33+,34+,35-,36-,37+,38-,39+,40-,41+,42+/m1/s1. The van der Waals surface area contributed by atoms with Gasteiger partial charge in [0.1, 0.15) is 122 Å². The van der Waals surface area contributed by atoms with E-state index < -0.39 is 198 Å². The van der Waals surface area contributed by atoms with Crippen molar-refractivity contribution < 1.29 is 128 Å². The van der Waals surface area contributed by atoms with Crippen LogP contribution in [-0.2, 0) is 57.0 Å². The molecule has 70 heavy (non-hydrogen) atoms. The van der Waals surface area contributed by atoms with E-state index in [0.717, 1.165) is 46.0 Å². The molecule has 0 spiro atoms. The highest BCUT2D eigenvalue weighted by Gasteiger charge is 2.55. The number of aliphatic hydroxyl groups excluding tert-OH is 14. The van der Waals surface area contributed by atoms with Gasteiger partial charge in [0.15, 0.2) is 31.5 Å². The van der Waals surface area contributed by atoms with Gasteiger partial charge in [0.25, 0.3) is 0 Å². The summed E-state index contributed by atoms with van der Waals surface area (Å²) in [5.41, 5.74) is 0. The number of carbonyl (C=O) groups excluding carboxylic acids is 2. The van der Waals surface area contributed by atoms with Gasteiger partial charge in [0.2, 0.25) is 11.8 Å². The molecule has 0 aromatic heterocycles. The lowest BCUT2D eigenvalue weighted by molar-refractivity contribution is -0.370. The van der Waals surface area contributed by atoms with Crippen molar-refractivity contribution in [3.05, 3.63) is 0 Å². The Bertz CT molecular complexity index is 1580. The van der Waals surface area contributed by atoms with Gasteiger partial charge >= 0.3 is 0 Å². The molecule has 5 saturated heterocycles. The average Bonchev–Trinajstić information content (AvgIpc) is 3.33. The van der Waals surface area contributed by atoms with Crippen LogP contribution in [0.5, 0.6) is 0 Å². The maximum Gasteiger partial charge on any atom is 0.217 e. The summed E-state index contributed by atoms with van der Waals surface area (Å²) in [5.74, 6) is -1.43. The molecule has 5 aliphatic heterocycles. The monoisotopic (exact) mass is 1020 g/mol. The second kappa shape index (κ2) is 27.5. The fourth-order valence-corrected chi connectivity index (χ4v) is 8.84. The van der Waals surface area contributed by atoms with Crippen LogP contribution in [0.15, 0.2) is 0 Å². The number of ether oxygens (including phenoxy) is 10. The Balaban J connectivity index is 1.21. The molecule has 16 N–H and O–H groups in total. The van der Waals surface area contributed by atoms with Crippen LogP contribution in [-0.4, -0.2) is 276 Å². The lowest BCUT2D eigenvalue weighted by Gasteiger charge is -2.49. The minimum absolute atomic E-state index is 0.192. The summed E-state index contributed by atoms with van der Waals surface area (Å²) in [6.45, 7) is 0.514. The summed E-state index contributed by atoms with van der Waals surface area (Å²) in [4.78, 5) is 24.3. The number of hydrogen-bond acceptors (Lipinski definition) is 26. The van der Waals surface area contributed by atoms with Crippen molar-refractivity contribution in [3.8, 4) is 0 Å². The van der Waals surface area contributed by atoms with Crippen LogP contribution in [0, 0.1) is 0 Å². The normalized spacial score (nSPS) is 44.7. The molecular weight excluding hydrogens is 948 g/mol. The zero-order valence-electron chi connectivity index (χ0n) is 39.1. The van der Waals surface area contributed by atoms with Crippen LogP contribution < -0.4 is 10.6 Å². The highest BCUT2D eigenvalue weighted by Crippen LogP contribution is 2.34. The molecule has 0 aromatic rings. The predicted molar refractivity (Wildman–Crippen MR) is 227 cm³/mol. The highest BCUT2D eigenvalue weighted by atomic mass is 16.8. The van der Waals surface area contributed by atoms with Gasteiger partial charge in [-0.15, -0.1) is 0 Å². The van der Waals surface area contributed by atoms with E-state index >= 15 is 0 Å². The molecule has 28 heteroatoms. The molecule has 0 unspecified atom stereocenters. The molecule has 5 aliphatic rings. The van der Waals surface area contributed by atoms with Gasteiger partial charge in [-0.2, -0.15) is 0 Å². The van der Waals surface area contributed by atoms with Crippen molar-refractivity contribution in [2.24, 2.45) is 0 Å². The molecule has 5 fully saturated rings. The van der Waals surface area contributed by atoms with E-state index in [9.17, 15) is 81.1 Å². The zero-order valence-corrected chi connectivity index (χ0v) is 39.1. The summed E-state index contributed by atoms with van der Waals surface area (Å²) >= 11 is 0. The molecule has 0 radical (unpaired) electrons. The average molecular weight is 1020 g/mol. The van der Waals surface area contributed by atoms with Crippen LogP contribution in [0.3, 0.4) is 0 Å². The first-order valence-electron chi connectivity index (χ1n) is 23.6. The van der Waals surface area contributed by atoms with Crippen LogP contribution in [0.4, 0.5) is 0 Å². The number of hydrogen-bond donors (Lipinski definition) is 16. The summed E-state index contributed by atoms with van der Waals surface area (Å²) in [5, 5.41) is 154. The van der Waals surface area contributed by atoms with Gasteiger partial charge in [0, 0.05) is 20.5 Å². The number of aliphatic hydroxyl groups is 14. The number of carbonyl (C=O) groups is 2. The summed E-state index contributed by atoms with van der Waals surface area (Å²) < 4.78 is 57.3. The van der Waals surface area contributed by atoms with Crippen LogP contribution in [0.25, 0.3) is 0 Å². The van der Waals surface area contributed by atoms with E-state index in [1.807, 2.05) is 0 Å². The first-order valence-corrected chi connectivity index (χ1v) is 23.6. The second-order valence-corrected chi connectivity index (χ2v) is 18.1. The van der Waals surface area contributed by atoms with Gasteiger partial charge in [0.05, 0.1) is 33.0 Å². The highest BCUT2D eigenvalue weighted by molar-refractivity contribution is 5.73. The SMILES string of the molecule is CCCCCCCCO[C@@H]1O[C@H](CO[C@H]2O[C@H](CO[C@@H]3O[C@H](CO)[C@@H](O[C@@H]4O[C@H](CO)[C@H](O[C@@H]5O[C@H](CO)[C@@H](O)[C@H](O)[C@H]5NC(C)=O)[C@H](O)[C@H]4O)[C@H](O)[C@H]3NC(C)=O)[C@@H](O)[C@H](O)[C@@H]2O)[C@@H](O)[C@H](O)[C@@H]1O. The third-order valence-corrected chi connectivity index (χ3v) is 12.8. The van der Waals surface area contributed by atoms with Crippen LogP contribution >= 0.6 is 0 Å². The second-order valence-electron chi connectivity index (χ2n) is 18.1. The maximum atomic E-state index is 12.4. The molecular formula is C42H74N2O26. The van der Waals surface area contributed by atoms with Gasteiger partial charge < -0.3 is 129 Å². The minimum atomic E-state index is -2.07. The first-order chi connectivity index (χ1) is 33.3. The predicted octanol–water partition coefficient (Wildman–Crippen LogP) is -8.25. The lowest BCUT2D eigenvalue weighted by Crippen LogP contribution is -2.69. The zero-order chi connectivity index (χ0) is 51.6. The largest absolute Gasteiger partial charge is 0.394 e. The molecule has 0 aliphatic carbocycles. The Morgan fingerprint density at radius 2 is 0.814 bits per heavy atom. The Kier molecular flexibility index (Phi) is 23.1. The van der Waals surface area contributed by atoms with Crippen LogP contribution in [0.1, 0.15) is 59.3 Å². The molecule has 5 heterocycles. The van der Waals surface area contributed by atoms with E-state index in [2.05, 4.69) is 17.6 Å². The van der Waals surface area contributed by atoms with Crippen LogP contribution in [0.2, 0.25) is 0 Å². The van der Waals surface area contributed by atoms with Crippen molar-refractivity contribution in [1.82, 2.24) is 10.6 Å². The van der Waals surface area contributed by atoms with Gasteiger partial charge in [-0.25, -0.2) is 0 Å². The lowest BCUT2D eigenvalue weighted by atomic mass is 9.94. The van der Waals surface area contributed by atoms with Crippen molar-refractivity contribution in [3.63, 3.8) is 0 Å². The third kappa shape index (κ3) is 14.4. The maximum absolute atomic E-state index is 12.4. The van der Waals surface area contributed by atoms with Gasteiger partial charge in [-0.1, -0.05) is 39.0 Å². The fourth-order valence-electron chi connectivity index (χ4n) is 8.84. The molecule has 0 bridgehead atoms. The molecule has 408 valence electrons. The number of nitrogens with one attached hydrogen (secondary N) is 2. The molecule has 25 atom stereocenters. The van der Waals surface area contributed by atoms with Gasteiger partial charge in [-0.3, -0.25) is 9.59 Å². The van der Waals surface area contributed by atoms with E-state index in [4.69, 9.17) is 47.4 Å².